The molecule has 0 saturated carbocycles. The summed E-state index contributed by atoms with van der Waals surface area (Å²) >= 11 is 6.25. The molecule has 0 bridgehead atoms. The lowest BCUT2D eigenvalue weighted by Crippen LogP contribution is -2.27. The molecule has 0 aromatic heterocycles. The molecule has 0 unspecified atom stereocenters. The second-order valence-corrected chi connectivity index (χ2v) is 4.39. The molecule has 14 heavy (non-hydrogen) atoms. The Bertz CT molecular complexity index is 234. The van der Waals surface area contributed by atoms with Gasteiger partial charge in [-0.3, -0.25) is 4.79 Å². The molecular formula is C10H17NOS2. The van der Waals surface area contributed by atoms with Gasteiger partial charge in [-0.05, 0) is 37.6 Å². The van der Waals surface area contributed by atoms with Gasteiger partial charge in [-0.25, -0.2) is 0 Å². The maximum Gasteiger partial charge on any atom is 0.221 e. The summed E-state index contributed by atoms with van der Waals surface area (Å²) in [6.07, 6.45) is 0.687. The van der Waals surface area contributed by atoms with Crippen LogP contribution >= 0.6 is 24.0 Å². The van der Waals surface area contributed by atoms with Gasteiger partial charge < -0.3 is 4.90 Å². The Labute approximate surface area is 95.7 Å². The number of rotatable bonds is 4. The van der Waals surface area contributed by atoms with Crippen molar-refractivity contribution in [2.45, 2.75) is 27.2 Å². The highest BCUT2D eigenvalue weighted by Gasteiger charge is 2.13. The molecule has 0 aliphatic heterocycles. The SMILES string of the molecule is C=C(CC)C(=O)SC(=S)N(CC)CC. The average Bonchev–Trinajstić information content (AvgIpc) is 2.18. The second kappa shape index (κ2) is 7.01. The summed E-state index contributed by atoms with van der Waals surface area (Å²) < 4.78 is 0.648. The minimum atomic E-state index is -0.00981. The van der Waals surface area contributed by atoms with E-state index in [-0.39, 0.29) is 5.12 Å². The van der Waals surface area contributed by atoms with Crippen molar-refractivity contribution in [3.05, 3.63) is 12.2 Å². The average molecular weight is 231 g/mol. The maximum absolute atomic E-state index is 11.5. The number of carbonyl (C=O) groups is 1. The van der Waals surface area contributed by atoms with Crippen molar-refractivity contribution in [1.82, 2.24) is 4.90 Å². The number of thiocarbonyl (C=S) groups is 1. The van der Waals surface area contributed by atoms with Crippen LogP contribution in [-0.4, -0.2) is 27.4 Å². The quantitative estimate of drug-likeness (QED) is 0.547. The maximum atomic E-state index is 11.5. The molecule has 80 valence electrons. The normalized spacial score (nSPS) is 9.64. The molecule has 0 spiro atoms. The fraction of sp³-hybridized carbons (Fsp3) is 0.600. The van der Waals surface area contributed by atoms with Crippen molar-refractivity contribution >= 4 is 33.4 Å². The minimum Gasteiger partial charge on any atom is -0.358 e. The van der Waals surface area contributed by atoms with Gasteiger partial charge in [-0.1, -0.05) is 25.7 Å². The molecule has 0 fully saturated rings. The first-order valence-electron chi connectivity index (χ1n) is 4.75. The van der Waals surface area contributed by atoms with E-state index in [9.17, 15) is 4.79 Å². The first kappa shape index (κ1) is 13.7. The molecular weight excluding hydrogens is 214 g/mol. The highest BCUT2D eigenvalue weighted by atomic mass is 32.2. The third kappa shape index (κ3) is 4.24. The van der Waals surface area contributed by atoms with Crippen molar-refractivity contribution < 1.29 is 4.79 Å². The largest absolute Gasteiger partial charge is 0.358 e. The van der Waals surface area contributed by atoms with Crippen LogP contribution in [0.25, 0.3) is 0 Å². The highest BCUT2D eigenvalue weighted by molar-refractivity contribution is 8.33. The summed E-state index contributed by atoms with van der Waals surface area (Å²) in [5.74, 6) is 0. The molecule has 0 N–H and O–H groups in total. The molecule has 0 amide bonds. The molecule has 0 saturated heterocycles. The number of hydrogen-bond donors (Lipinski definition) is 0. The molecule has 0 aliphatic carbocycles. The van der Waals surface area contributed by atoms with E-state index in [0.29, 0.717) is 16.3 Å². The molecule has 2 nitrogen and oxygen atoms in total. The first-order valence-corrected chi connectivity index (χ1v) is 5.98. The van der Waals surface area contributed by atoms with Gasteiger partial charge in [0.1, 0.15) is 4.32 Å². The molecule has 0 radical (unpaired) electrons. The van der Waals surface area contributed by atoms with E-state index in [4.69, 9.17) is 12.2 Å². The molecule has 0 aliphatic rings. The van der Waals surface area contributed by atoms with Gasteiger partial charge in [-0.2, -0.15) is 0 Å². The summed E-state index contributed by atoms with van der Waals surface area (Å²) in [6.45, 7) is 11.3. The zero-order chi connectivity index (χ0) is 11.1. The fourth-order valence-corrected chi connectivity index (χ4v) is 2.16. The van der Waals surface area contributed by atoms with E-state index in [0.717, 1.165) is 24.9 Å². The fourth-order valence-electron chi connectivity index (χ4n) is 0.842. The number of carbonyl (C=O) groups excluding carboxylic acids is 1. The van der Waals surface area contributed by atoms with Crippen molar-refractivity contribution in [2.75, 3.05) is 13.1 Å². The lowest BCUT2D eigenvalue weighted by molar-refractivity contribution is -0.107. The van der Waals surface area contributed by atoms with Gasteiger partial charge in [0.05, 0.1) is 0 Å². The number of thioether (sulfide) groups is 1. The predicted octanol–water partition coefficient (Wildman–Crippen LogP) is 2.84. The van der Waals surface area contributed by atoms with E-state index >= 15 is 0 Å². The molecule has 4 heteroatoms. The van der Waals surface area contributed by atoms with Gasteiger partial charge in [0, 0.05) is 13.1 Å². The molecule has 0 aromatic rings. The van der Waals surface area contributed by atoms with E-state index in [1.165, 1.54) is 0 Å². The van der Waals surface area contributed by atoms with Crippen LogP contribution in [0.4, 0.5) is 0 Å². The third-order valence-corrected chi connectivity index (χ3v) is 3.33. The Kier molecular flexibility index (Phi) is 6.83. The van der Waals surface area contributed by atoms with Gasteiger partial charge >= 0.3 is 0 Å². The van der Waals surface area contributed by atoms with Crippen LogP contribution in [0.5, 0.6) is 0 Å². The van der Waals surface area contributed by atoms with Crippen LogP contribution < -0.4 is 0 Å². The van der Waals surface area contributed by atoms with Crippen LogP contribution in [0.1, 0.15) is 27.2 Å². The lowest BCUT2D eigenvalue weighted by atomic mass is 10.3. The van der Waals surface area contributed by atoms with Gasteiger partial charge in [0.25, 0.3) is 0 Å². The minimum absolute atomic E-state index is 0.00981. The summed E-state index contributed by atoms with van der Waals surface area (Å²) in [7, 11) is 0. The summed E-state index contributed by atoms with van der Waals surface area (Å²) in [6, 6.07) is 0. The molecule has 0 heterocycles. The Morgan fingerprint density at radius 2 is 1.86 bits per heavy atom. The second-order valence-electron chi connectivity index (χ2n) is 2.78. The third-order valence-electron chi connectivity index (χ3n) is 1.92. The standard InChI is InChI=1S/C10H17NOS2/c1-5-8(4)9(12)14-10(13)11(6-2)7-3/h4-7H2,1-3H3. The van der Waals surface area contributed by atoms with Crippen molar-refractivity contribution in [3.63, 3.8) is 0 Å². The van der Waals surface area contributed by atoms with E-state index in [2.05, 4.69) is 6.58 Å². The van der Waals surface area contributed by atoms with Crippen LogP contribution in [0.15, 0.2) is 12.2 Å². The monoisotopic (exact) mass is 231 g/mol. The van der Waals surface area contributed by atoms with Gasteiger partial charge in [0.2, 0.25) is 5.12 Å². The van der Waals surface area contributed by atoms with E-state index < -0.39 is 0 Å². The summed E-state index contributed by atoms with van der Waals surface area (Å²) in [4.78, 5) is 13.5. The zero-order valence-electron chi connectivity index (χ0n) is 9.00. The van der Waals surface area contributed by atoms with Crippen molar-refractivity contribution in [1.29, 1.82) is 0 Å². The van der Waals surface area contributed by atoms with Crippen LogP contribution in [0, 0.1) is 0 Å². The number of hydrogen-bond acceptors (Lipinski definition) is 3. The summed E-state index contributed by atoms with van der Waals surface area (Å²) in [5.41, 5.74) is 0.629. The topological polar surface area (TPSA) is 20.3 Å². The predicted molar refractivity (Wildman–Crippen MR) is 67.5 cm³/mol. The molecule has 0 rings (SSSR count). The van der Waals surface area contributed by atoms with Crippen LogP contribution in [0.3, 0.4) is 0 Å². The highest BCUT2D eigenvalue weighted by Crippen LogP contribution is 2.16. The van der Waals surface area contributed by atoms with Crippen molar-refractivity contribution in [3.8, 4) is 0 Å². The summed E-state index contributed by atoms with van der Waals surface area (Å²) in [5, 5.41) is -0.00981. The van der Waals surface area contributed by atoms with Gasteiger partial charge in [-0.15, -0.1) is 0 Å². The number of nitrogens with zero attached hydrogens (tertiary/aromatic N) is 1. The van der Waals surface area contributed by atoms with Crippen LogP contribution in [0.2, 0.25) is 0 Å². The lowest BCUT2D eigenvalue weighted by Gasteiger charge is -2.20. The molecule has 0 aromatic carbocycles. The van der Waals surface area contributed by atoms with E-state index in [1.54, 1.807) is 0 Å². The Balaban J connectivity index is 4.18. The van der Waals surface area contributed by atoms with Crippen LogP contribution in [-0.2, 0) is 4.79 Å². The van der Waals surface area contributed by atoms with E-state index in [1.807, 2.05) is 25.7 Å². The zero-order valence-corrected chi connectivity index (χ0v) is 10.6. The van der Waals surface area contributed by atoms with Crippen molar-refractivity contribution in [2.24, 2.45) is 0 Å². The Hall–Kier alpha value is -0.350. The Morgan fingerprint density at radius 1 is 1.36 bits per heavy atom. The van der Waals surface area contributed by atoms with Gasteiger partial charge in [0.15, 0.2) is 0 Å². The molecule has 0 atom stereocenters. The smallest absolute Gasteiger partial charge is 0.221 e. The first-order chi connectivity index (χ1) is 6.56. The Morgan fingerprint density at radius 3 is 2.21 bits per heavy atom.